The largest absolute Gasteiger partial charge is 0.345 e. The van der Waals surface area contributed by atoms with E-state index in [0.29, 0.717) is 6.07 Å². The normalized spacial score (nSPS) is 12.8. The van der Waals surface area contributed by atoms with E-state index in [1.807, 2.05) is 5.32 Å². The summed E-state index contributed by atoms with van der Waals surface area (Å²) in [4.78, 5) is 48.7. The van der Waals surface area contributed by atoms with Gasteiger partial charge in [-0.3, -0.25) is 24.1 Å². The Hall–Kier alpha value is -3.69. The number of benzene rings is 2. The lowest BCUT2D eigenvalue weighted by Gasteiger charge is -2.13. The monoisotopic (exact) mass is 391 g/mol. The molecule has 1 aliphatic heterocycles. The van der Waals surface area contributed by atoms with Gasteiger partial charge in [-0.15, -0.1) is 0 Å². The molecule has 3 rings (SSSR count). The molecule has 10 heteroatoms. The maximum absolute atomic E-state index is 13.5. The van der Waals surface area contributed by atoms with Crippen molar-refractivity contribution in [3.8, 4) is 0 Å². The molecule has 7 nitrogen and oxygen atoms in total. The molecule has 2 aromatic carbocycles. The minimum Gasteiger partial charge on any atom is -0.345 e. The van der Waals surface area contributed by atoms with E-state index in [-0.39, 0.29) is 11.1 Å². The van der Waals surface area contributed by atoms with Crippen LogP contribution in [0, 0.1) is 17.5 Å². The lowest BCUT2D eigenvalue weighted by Crippen LogP contribution is -2.42. The number of imide groups is 1. The van der Waals surface area contributed by atoms with Gasteiger partial charge in [0.05, 0.1) is 23.4 Å². The highest BCUT2D eigenvalue weighted by atomic mass is 19.2. The van der Waals surface area contributed by atoms with Crippen LogP contribution in [0.2, 0.25) is 0 Å². The number of nitrogens with one attached hydrogen (secondary N) is 2. The summed E-state index contributed by atoms with van der Waals surface area (Å²) < 4.78 is 39.5. The van der Waals surface area contributed by atoms with E-state index in [0.717, 1.165) is 11.0 Å². The molecule has 144 valence electrons. The molecular weight excluding hydrogens is 379 g/mol. The maximum Gasteiger partial charge on any atom is 0.262 e. The molecule has 0 aromatic heterocycles. The predicted molar refractivity (Wildman–Crippen MR) is 89.8 cm³/mol. The van der Waals surface area contributed by atoms with Gasteiger partial charge in [0, 0.05) is 0 Å². The number of halogens is 3. The summed E-state index contributed by atoms with van der Waals surface area (Å²) in [5.41, 5.74) is -0.253. The summed E-state index contributed by atoms with van der Waals surface area (Å²) in [6, 6.07) is 7.53. The number of fused-ring (bicyclic) bond motifs is 1. The Kier molecular flexibility index (Phi) is 5.12. The van der Waals surface area contributed by atoms with Gasteiger partial charge < -0.3 is 10.6 Å². The van der Waals surface area contributed by atoms with Crippen LogP contribution >= 0.6 is 0 Å². The summed E-state index contributed by atoms with van der Waals surface area (Å²) in [6.07, 6.45) is 0. The van der Waals surface area contributed by atoms with Gasteiger partial charge in [-0.2, -0.15) is 0 Å². The second-order valence-corrected chi connectivity index (χ2v) is 5.79. The number of amides is 4. The number of rotatable bonds is 5. The molecule has 0 unspecified atom stereocenters. The minimum absolute atomic E-state index is 0.173. The van der Waals surface area contributed by atoms with Crippen LogP contribution in [0.3, 0.4) is 0 Å². The zero-order valence-electron chi connectivity index (χ0n) is 14.1. The van der Waals surface area contributed by atoms with Crippen molar-refractivity contribution in [2.24, 2.45) is 0 Å². The van der Waals surface area contributed by atoms with E-state index in [1.54, 1.807) is 12.1 Å². The fourth-order valence-corrected chi connectivity index (χ4v) is 2.58. The van der Waals surface area contributed by atoms with Crippen LogP contribution in [0.25, 0.3) is 0 Å². The quantitative estimate of drug-likeness (QED) is 0.596. The second kappa shape index (κ2) is 7.51. The SMILES string of the molecule is O=C(CN1C(=O)c2ccccc2C1=O)NCC(=O)Nc1ccc(F)c(F)c1F. The van der Waals surface area contributed by atoms with E-state index in [2.05, 4.69) is 5.32 Å². The van der Waals surface area contributed by atoms with Crippen LogP contribution in [0.4, 0.5) is 18.9 Å². The first-order valence-electron chi connectivity index (χ1n) is 7.95. The summed E-state index contributed by atoms with van der Waals surface area (Å²) in [7, 11) is 0. The Morgan fingerprint density at radius 2 is 1.46 bits per heavy atom. The molecular formula is C18H12F3N3O4. The number of carbonyl (C=O) groups excluding carboxylic acids is 4. The molecule has 4 amide bonds. The Morgan fingerprint density at radius 1 is 0.857 bits per heavy atom. The van der Waals surface area contributed by atoms with Crippen molar-refractivity contribution >= 4 is 29.3 Å². The average molecular weight is 391 g/mol. The summed E-state index contributed by atoms with van der Waals surface area (Å²) in [5, 5.41) is 4.13. The first-order chi connectivity index (χ1) is 13.3. The van der Waals surface area contributed by atoms with E-state index < -0.39 is 59.9 Å². The fraction of sp³-hybridized carbons (Fsp3) is 0.111. The standard InChI is InChI=1S/C18H12F3N3O4/c19-11-5-6-12(16(21)15(11)20)23-13(25)7-22-14(26)8-24-17(27)9-3-1-2-4-10(9)18(24)28/h1-6H,7-8H2,(H,22,26)(H,23,25). The van der Waals surface area contributed by atoms with Crippen LogP contribution in [0.15, 0.2) is 36.4 Å². The molecule has 2 aromatic rings. The Bertz CT molecular complexity index is 975. The summed E-state index contributed by atoms with van der Waals surface area (Å²) >= 11 is 0. The molecule has 28 heavy (non-hydrogen) atoms. The van der Waals surface area contributed by atoms with Gasteiger partial charge in [0.25, 0.3) is 11.8 Å². The van der Waals surface area contributed by atoms with Crippen molar-refractivity contribution in [1.29, 1.82) is 0 Å². The molecule has 1 aliphatic rings. The molecule has 0 radical (unpaired) electrons. The van der Waals surface area contributed by atoms with Crippen LogP contribution in [0.5, 0.6) is 0 Å². The van der Waals surface area contributed by atoms with Gasteiger partial charge in [-0.25, -0.2) is 13.2 Å². The topological polar surface area (TPSA) is 95.6 Å². The highest BCUT2D eigenvalue weighted by molar-refractivity contribution is 6.22. The minimum atomic E-state index is -1.74. The van der Waals surface area contributed by atoms with Crippen LogP contribution in [0.1, 0.15) is 20.7 Å². The van der Waals surface area contributed by atoms with Crippen LogP contribution in [-0.4, -0.2) is 41.6 Å². The molecule has 0 aliphatic carbocycles. The molecule has 0 fully saturated rings. The average Bonchev–Trinajstić information content (AvgIpc) is 2.92. The summed E-state index contributed by atoms with van der Waals surface area (Å²) in [6.45, 7) is -1.25. The number of hydrogen-bond acceptors (Lipinski definition) is 4. The number of carbonyl (C=O) groups is 4. The number of anilines is 1. The molecule has 0 spiro atoms. The zero-order chi connectivity index (χ0) is 20.4. The third-order valence-corrected chi connectivity index (χ3v) is 3.94. The number of hydrogen-bond donors (Lipinski definition) is 2. The lowest BCUT2D eigenvalue weighted by atomic mass is 10.1. The predicted octanol–water partition coefficient (Wildman–Crippen LogP) is 1.45. The van der Waals surface area contributed by atoms with Crippen LogP contribution in [-0.2, 0) is 9.59 Å². The van der Waals surface area contributed by atoms with Gasteiger partial charge >= 0.3 is 0 Å². The molecule has 0 bridgehead atoms. The van der Waals surface area contributed by atoms with Crippen molar-refractivity contribution < 1.29 is 32.3 Å². The first kappa shape index (κ1) is 19.1. The molecule has 2 N–H and O–H groups in total. The van der Waals surface area contributed by atoms with Gasteiger partial charge in [0.2, 0.25) is 11.8 Å². The van der Waals surface area contributed by atoms with E-state index in [1.165, 1.54) is 12.1 Å². The van der Waals surface area contributed by atoms with E-state index in [9.17, 15) is 32.3 Å². The Balaban J connectivity index is 1.55. The van der Waals surface area contributed by atoms with Crippen molar-refractivity contribution in [2.75, 3.05) is 18.4 Å². The highest BCUT2D eigenvalue weighted by Crippen LogP contribution is 2.22. The van der Waals surface area contributed by atoms with Gasteiger partial charge in [-0.1, -0.05) is 12.1 Å². The third kappa shape index (κ3) is 3.56. The van der Waals surface area contributed by atoms with E-state index in [4.69, 9.17) is 0 Å². The van der Waals surface area contributed by atoms with Crippen molar-refractivity contribution in [1.82, 2.24) is 10.2 Å². The second-order valence-electron chi connectivity index (χ2n) is 5.79. The molecule has 1 heterocycles. The Morgan fingerprint density at radius 3 is 2.07 bits per heavy atom. The molecule has 0 saturated carbocycles. The first-order valence-corrected chi connectivity index (χ1v) is 7.95. The fourth-order valence-electron chi connectivity index (χ4n) is 2.58. The third-order valence-electron chi connectivity index (χ3n) is 3.94. The Labute approximate surface area is 156 Å². The maximum atomic E-state index is 13.5. The van der Waals surface area contributed by atoms with E-state index >= 15 is 0 Å². The van der Waals surface area contributed by atoms with Gasteiger partial charge in [-0.05, 0) is 24.3 Å². The summed E-state index contributed by atoms with van der Waals surface area (Å²) in [5.74, 6) is -7.73. The highest BCUT2D eigenvalue weighted by Gasteiger charge is 2.36. The molecule has 0 saturated heterocycles. The van der Waals surface area contributed by atoms with Gasteiger partial charge in [0.1, 0.15) is 6.54 Å². The smallest absolute Gasteiger partial charge is 0.262 e. The van der Waals surface area contributed by atoms with Crippen LogP contribution < -0.4 is 10.6 Å². The van der Waals surface area contributed by atoms with Gasteiger partial charge in [0.15, 0.2) is 17.5 Å². The zero-order valence-corrected chi connectivity index (χ0v) is 14.1. The van der Waals surface area contributed by atoms with Crippen molar-refractivity contribution in [3.05, 3.63) is 65.0 Å². The van der Waals surface area contributed by atoms with Crippen molar-refractivity contribution in [2.45, 2.75) is 0 Å². The lowest BCUT2D eigenvalue weighted by molar-refractivity contribution is -0.124. The van der Waals surface area contributed by atoms with Crippen molar-refractivity contribution in [3.63, 3.8) is 0 Å². The number of nitrogens with zero attached hydrogens (tertiary/aromatic N) is 1. The molecule has 0 atom stereocenters.